The van der Waals surface area contributed by atoms with Crippen LogP contribution in [-0.2, 0) is 0 Å². The minimum atomic E-state index is 1.17. The lowest BCUT2D eigenvalue weighted by Crippen LogP contribution is -1.62. The summed E-state index contributed by atoms with van der Waals surface area (Å²) in [6.07, 6.45) is 0. The van der Waals surface area contributed by atoms with Gasteiger partial charge in [-0.1, -0.05) is 77.4 Å². The fraction of sp³-hybridized carbons (Fsp3) is 0.222. The number of benzene rings is 2. The van der Waals surface area contributed by atoms with Crippen molar-refractivity contribution in [3.63, 3.8) is 0 Å². The lowest BCUT2D eigenvalue weighted by molar-refractivity contribution is 1.42. The Bertz CT molecular complexity index is 371. The molecule has 96 valence electrons. The smallest absolute Gasteiger partial charge is 0.0398 e. The topological polar surface area (TPSA) is 0 Å². The summed E-state index contributed by atoms with van der Waals surface area (Å²) in [4.78, 5) is 0. The van der Waals surface area contributed by atoms with Crippen LogP contribution in [0.15, 0.2) is 72.8 Å². The van der Waals surface area contributed by atoms with Crippen molar-refractivity contribution in [2.45, 2.75) is 27.7 Å². The third-order valence-electron chi connectivity index (χ3n) is 1.88. The standard InChI is InChI=1S/2C7H8.C4H8/c2*1-7-5-3-2-4-6-7;1-4(2)3/h2*2-6H,1H3;1H2,2-3H3. The molecule has 0 radical (unpaired) electrons. The van der Waals surface area contributed by atoms with Gasteiger partial charge in [-0.3, -0.25) is 0 Å². The molecule has 2 rings (SSSR count). The molecule has 0 spiro atoms. The van der Waals surface area contributed by atoms with Gasteiger partial charge >= 0.3 is 0 Å². The molecule has 0 heteroatoms. The fourth-order valence-corrected chi connectivity index (χ4v) is 1.07. The maximum absolute atomic E-state index is 3.56. The van der Waals surface area contributed by atoms with E-state index in [9.17, 15) is 0 Å². The Balaban J connectivity index is 0.000000253. The molecule has 0 nitrogen and oxygen atoms in total. The maximum atomic E-state index is 3.56. The van der Waals surface area contributed by atoms with E-state index < -0.39 is 0 Å². The van der Waals surface area contributed by atoms with Crippen molar-refractivity contribution in [1.82, 2.24) is 0 Å². The molecule has 2 aromatic rings. The zero-order valence-corrected chi connectivity index (χ0v) is 12.0. The number of hydrogen-bond donors (Lipinski definition) is 0. The Morgan fingerprint density at radius 1 is 0.667 bits per heavy atom. The highest BCUT2D eigenvalue weighted by atomic mass is 13.8. The van der Waals surface area contributed by atoms with Crippen LogP contribution in [0.25, 0.3) is 0 Å². The Hall–Kier alpha value is -1.82. The van der Waals surface area contributed by atoms with Crippen LogP contribution in [-0.4, -0.2) is 0 Å². The molecule has 0 atom stereocenters. The highest BCUT2D eigenvalue weighted by Gasteiger charge is 1.72. The maximum Gasteiger partial charge on any atom is -0.0398 e. The van der Waals surface area contributed by atoms with E-state index in [-0.39, 0.29) is 0 Å². The lowest BCUT2D eigenvalue weighted by Gasteiger charge is -1.82. The second-order valence-electron chi connectivity index (χ2n) is 4.52. The molecule has 0 aromatic heterocycles. The van der Waals surface area contributed by atoms with Crippen molar-refractivity contribution in [3.8, 4) is 0 Å². The van der Waals surface area contributed by atoms with Crippen LogP contribution in [0, 0.1) is 13.8 Å². The van der Waals surface area contributed by atoms with Crippen molar-refractivity contribution in [2.75, 3.05) is 0 Å². The largest absolute Gasteiger partial charge is 0.100 e. The number of rotatable bonds is 0. The zero-order valence-electron chi connectivity index (χ0n) is 12.0. The van der Waals surface area contributed by atoms with Crippen molar-refractivity contribution < 1.29 is 0 Å². The third kappa shape index (κ3) is 12.3. The zero-order chi connectivity index (χ0) is 13.8. The predicted octanol–water partition coefficient (Wildman–Crippen LogP) is 5.57. The predicted molar refractivity (Wildman–Crippen MR) is 82.8 cm³/mol. The molecule has 0 heterocycles. The van der Waals surface area contributed by atoms with Crippen LogP contribution in [0.4, 0.5) is 0 Å². The van der Waals surface area contributed by atoms with Crippen LogP contribution in [0.5, 0.6) is 0 Å². The van der Waals surface area contributed by atoms with Crippen LogP contribution in [0.2, 0.25) is 0 Å². The highest BCUT2D eigenvalue weighted by molar-refractivity contribution is 5.12. The minimum absolute atomic E-state index is 1.17. The molecule has 0 unspecified atom stereocenters. The Morgan fingerprint density at radius 3 is 1.00 bits per heavy atom. The average molecular weight is 240 g/mol. The molecule has 0 N–H and O–H groups in total. The van der Waals surface area contributed by atoms with Crippen molar-refractivity contribution in [3.05, 3.63) is 83.9 Å². The van der Waals surface area contributed by atoms with E-state index >= 15 is 0 Å². The second kappa shape index (κ2) is 10.3. The van der Waals surface area contributed by atoms with E-state index in [1.165, 1.54) is 16.7 Å². The van der Waals surface area contributed by atoms with E-state index in [1.54, 1.807) is 0 Å². The van der Waals surface area contributed by atoms with Gasteiger partial charge in [0.2, 0.25) is 0 Å². The summed E-state index contributed by atoms with van der Waals surface area (Å²) >= 11 is 0. The first-order valence-corrected chi connectivity index (χ1v) is 6.17. The second-order valence-corrected chi connectivity index (χ2v) is 4.52. The van der Waals surface area contributed by atoms with Gasteiger partial charge in [0, 0.05) is 0 Å². The monoisotopic (exact) mass is 240 g/mol. The molecule has 0 amide bonds. The minimum Gasteiger partial charge on any atom is -0.100 e. The quantitative estimate of drug-likeness (QED) is 0.528. The van der Waals surface area contributed by atoms with E-state index in [2.05, 4.69) is 44.7 Å². The van der Waals surface area contributed by atoms with Crippen LogP contribution >= 0.6 is 0 Å². The van der Waals surface area contributed by atoms with Gasteiger partial charge in [-0.15, -0.1) is 6.58 Å². The van der Waals surface area contributed by atoms with E-state index in [0.29, 0.717) is 0 Å². The Morgan fingerprint density at radius 2 is 0.889 bits per heavy atom. The normalized spacial score (nSPS) is 8.22. The van der Waals surface area contributed by atoms with Gasteiger partial charge in [-0.05, 0) is 27.7 Å². The van der Waals surface area contributed by atoms with Crippen molar-refractivity contribution in [2.24, 2.45) is 0 Å². The summed E-state index contributed by atoms with van der Waals surface area (Å²) < 4.78 is 0. The fourth-order valence-electron chi connectivity index (χ4n) is 1.07. The third-order valence-corrected chi connectivity index (χ3v) is 1.88. The molecule has 0 bridgehead atoms. The van der Waals surface area contributed by atoms with E-state index in [1.807, 2.05) is 50.2 Å². The van der Waals surface area contributed by atoms with E-state index in [0.717, 1.165) is 0 Å². The van der Waals surface area contributed by atoms with Gasteiger partial charge in [0.1, 0.15) is 0 Å². The summed E-state index contributed by atoms with van der Waals surface area (Å²) in [7, 11) is 0. The molecule has 18 heavy (non-hydrogen) atoms. The molecule has 0 saturated heterocycles. The van der Waals surface area contributed by atoms with Crippen LogP contribution < -0.4 is 0 Å². The van der Waals surface area contributed by atoms with Gasteiger partial charge in [0.15, 0.2) is 0 Å². The van der Waals surface area contributed by atoms with Gasteiger partial charge in [-0.2, -0.15) is 0 Å². The average Bonchev–Trinajstić information content (AvgIpc) is 2.31. The van der Waals surface area contributed by atoms with Crippen LogP contribution in [0.3, 0.4) is 0 Å². The molecular formula is C18H24. The van der Waals surface area contributed by atoms with Gasteiger partial charge in [-0.25, -0.2) is 0 Å². The van der Waals surface area contributed by atoms with Crippen molar-refractivity contribution in [1.29, 1.82) is 0 Å². The SMILES string of the molecule is C=C(C)C.Cc1ccccc1.Cc1ccccc1. The number of allylic oxidation sites excluding steroid dienone is 1. The number of aryl methyl sites for hydroxylation is 2. The summed E-state index contributed by atoms with van der Waals surface area (Å²) in [5.74, 6) is 0. The molecule has 0 saturated carbocycles. The van der Waals surface area contributed by atoms with E-state index in [4.69, 9.17) is 0 Å². The van der Waals surface area contributed by atoms with Crippen LogP contribution in [0.1, 0.15) is 25.0 Å². The van der Waals surface area contributed by atoms with Crippen molar-refractivity contribution >= 4 is 0 Å². The Kier molecular flexibility index (Phi) is 9.30. The Labute approximate surface area is 112 Å². The highest BCUT2D eigenvalue weighted by Crippen LogP contribution is 1.92. The summed E-state index contributed by atoms with van der Waals surface area (Å²) in [6, 6.07) is 20.5. The summed E-state index contributed by atoms with van der Waals surface area (Å²) in [5.41, 5.74) is 3.81. The van der Waals surface area contributed by atoms with Gasteiger partial charge in [0.25, 0.3) is 0 Å². The molecule has 0 aliphatic carbocycles. The molecular weight excluding hydrogens is 216 g/mol. The van der Waals surface area contributed by atoms with Gasteiger partial charge < -0.3 is 0 Å². The van der Waals surface area contributed by atoms with Gasteiger partial charge in [0.05, 0.1) is 0 Å². The summed E-state index contributed by atoms with van der Waals surface area (Å²) in [6.45, 7) is 11.7. The first-order valence-electron chi connectivity index (χ1n) is 6.17. The molecule has 0 aliphatic heterocycles. The first-order chi connectivity index (χ1) is 8.52. The first kappa shape index (κ1) is 16.2. The lowest BCUT2D eigenvalue weighted by atomic mass is 10.2. The molecule has 2 aromatic carbocycles. The summed E-state index contributed by atoms with van der Waals surface area (Å²) in [5, 5.41) is 0. The molecule has 0 aliphatic rings. The molecule has 0 fully saturated rings. The number of hydrogen-bond acceptors (Lipinski definition) is 0.